The van der Waals surface area contributed by atoms with Crippen molar-refractivity contribution in [3.63, 3.8) is 0 Å². The summed E-state index contributed by atoms with van der Waals surface area (Å²) in [5.74, 6) is 0. The molecule has 0 bridgehead atoms. The van der Waals surface area contributed by atoms with Crippen molar-refractivity contribution in [2.24, 2.45) is 0 Å². The monoisotopic (exact) mass is 175 g/mol. The molecule has 0 aromatic heterocycles. The molecule has 0 aliphatic carbocycles. The summed E-state index contributed by atoms with van der Waals surface area (Å²) in [5, 5.41) is 0. The number of anilines is 1. The molecule has 1 heterocycles. The molecule has 0 saturated carbocycles. The highest BCUT2D eigenvalue weighted by atomic mass is 28.1. The highest BCUT2D eigenvalue weighted by Gasteiger charge is 2.08. The largest absolute Gasteiger partial charge is 0.371 e. The highest BCUT2D eigenvalue weighted by molar-refractivity contribution is 6.10. The predicted molar refractivity (Wildman–Crippen MR) is 57.6 cm³/mol. The number of benzene rings is 1. The van der Waals surface area contributed by atoms with Crippen molar-refractivity contribution >= 4 is 22.0 Å². The molecule has 1 nitrogen and oxygen atoms in total. The fraction of sp³-hybridized carbons (Fsp3) is 0.200. The van der Waals surface area contributed by atoms with E-state index in [-0.39, 0.29) is 0 Å². The molecule has 0 N–H and O–H groups in total. The van der Waals surface area contributed by atoms with Crippen LogP contribution in [0, 0.1) is 0 Å². The summed E-state index contributed by atoms with van der Waals surface area (Å²) in [6.45, 7) is 1.08. The highest BCUT2D eigenvalue weighted by Crippen LogP contribution is 2.24. The van der Waals surface area contributed by atoms with Crippen molar-refractivity contribution in [1.29, 1.82) is 0 Å². The molecule has 0 spiro atoms. The average molecular weight is 175 g/mol. The van der Waals surface area contributed by atoms with Gasteiger partial charge in [-0.25, -0.2) is 0 Å². The van der Waals surface area contributed by atoms with Crippen LogP contribution in [0.3, 0.4) is 0 Å². The van der Waals surface area contributed by atoms with E-state index < -0.39 is 0 Å². The van der Waals surface area contributed by atoms with Crippen molar-refractivity contribution in [2.45, 2.75) is 0 Å². The third kappa shape index (κ3) is 1.18. The maximum atomic E-state index is 2.43. The maximum absolute atomic E-state index is 2.43. The minimum absolute atomic E-state index is 1.08. The predicted octanol–water partition coefficient (Wildman–Crippen LogP) is 0.843. The van der Waals surface area contributed by atoms with E-state index in [9.17, 15) is 0 Å². The molecule has 62 valence electrons. The van der Waals surface area contributed by atoms with Crippen LogP contribution in [0.2, 0.25) is 0 Å². The van der Waals surface area contributed by atoms with Crippen LogP contribution < -0.4 is 4.90 Å². The summed E-state index contributed by atoms with van der Waals surface area (Å²) in [7, 11) is 1.24. The lowest BCUT2D eigenvalue weighted by Gasteiger charge is -2.26. The molecule has 1 aromatic rings. The molecule has 2 heteroatoms. The van der Waals surface area contributed by atoms with Crippen LogP contribution in [0.25, 0.3) is 6.08 Å². The van der Waals surface area contributed by atoms with Gasteiger partial charge in [-0.15, -0.1) is 0 Å². The van der Waals surface area contributed by atoms with Gasteiger partial charge >= 0.3 is 0 Å². The molecular formula is C10H13NSi. The van der Waals surface area contributed by atoms with Crippen LogP contribution in [0.1, 0.15) is 5.56 Å². The van der Waals surface area contributed by atoms with E-state index in [0.717, 1.165) is 6.54 Å². The van der Waals surface area contributed by atoms with Crippen LogP contribution >= 0.6 is 0 Å². The van der Waals surface area contributed by atoms with Gasteiger partial charge in [0.1, 0.15) is 0 Å². The second-order valence-electron chi connectivity index (χ2n) is 3.00. The van der Waals surface area contributed by atoms with Gasteiger partial charge in [0, 0.05) is 28.6 Å². The zero-order valence-corrected chi connectivity index (χ0v) is 9.33. The van der Waals surface area contributed by atoms with E-state index in [4.69, 9.17) is 0 Å². The Balaban J connectivity index is 2.45. The van der Waals surface area contributed by atoms with Crippen LogP contribution in [-0.2, 0) is 0 Å². The fourth-order valence-electron chi connectivity index (χ4n) is 1.62. The number of nitrogens with zero attached hydrogens (tertiary/aromatic N) is 1. The Kier molecular flexibility index (Phi) is 2.00. The van der Waals surface area contributed by atoms with Gasteiger partial charge in [-0.1, -0.05) is 30.4 Å². The first-order valence-corrected chi connectivity index (χ1v) is 5.83. The van der Waals surface area contributed by atoms with Gasteiger partial charge < -0.3 is 4.90 Å². The molecule has 0 atom stereocenters. The van der Waals surface area contributed by atoms with Gasteiger partial charge in [-0.2, -0.15) is 0 Å². The molecule has 0 amide bonds. The third-order valence-electron chi connectivity index (χ3n) is 2.28. The Labute approximate surface area is 76.1 Å². The zero-order valence-electron chi connectivity index (χ0n) is 7.33. The first-order chi connectivity index (χ1) is 5.92. The van der Waals surface area contributed by atoms with Gasteiger partial charge in [0.2, 0.25) is 0 Å². The van der Waals surface area contributed by atoms with Crippen LogP contribution in [0.15, 0.2) is 30.3 Å². The number of hydrogen-bond donors (Lipinski definition) is 0. The summed E-state index contributed by atoms with van der Waals surface area (Å²) in [6, 6.07) is 8.59. The second kappa shape index (κ2) is 3.15. The molecule has 1 aliphatic rings. The summed E-state index contributed by atoms with van der Waals surface area (Å²) >= 11 is 0. The van der Waals surface area contributed by atoms with Gasteiger partial charge in [0.15, 0.2) is 0 Å². The lowest BCUT2D eigenvalue weighted by atomic mass is 10.1. The van der Waals surface area contributed by atoms with Gasteiger partial charge in [-0.05, 0) is 11.6 Å². The fourth-order valence-corrected chi connectivity index (χ4v) is 2.22. The first kappa shape index (κ1) is 7.62. The zero-order chi connectivity index (χ0) is 8.39. The normalized spacial score (nSPS) is 14.8. The quantitative estimate of drug-likeness (QED) is 0.572. The van der Waals surface area contributed by atoms with E-state index in [1.54, 1.807) is 0 Å². The van der Waals surface area contributed by atoms with Crippen molar-refractivity contribution in [3.05, 3.63) is 35.9 Å². The van der Waals surface area contributed by atoms with Crippen molar-refractivity contribution in [3.8, 4) is 0 Å². The van der Waals surface area contributed by atoms with Gasteiger partial charge in [0.05, 0.1) is 0 Å². The maximum Gasteiger partial charge on any atom is 0.0439 e. The summed E-state index contributed by atoms with van der Waals surface area (Å²) in [5.41, 5.74) is 2.76. The van der Waals surface area contributed by atoms with E-state index in [1.165, 1.54) is 27.7 Å². The van der Waals surface area contributed by atoms with Gasteiger partial charge in [0.25, 0.3) is 0 Å². The standard InChI is InChI=1S/C10H13NSi/c12-8-11-7-3-5-9-4-1-2-6-10(9)11/h1-6H,7-8H2,12H3. The minimum Gasteiger partial charge on any atom is -0.371 e. The lowest BCUT2D eigenvalue weighted by molar-refractivity contribution is 0.987. The average Bonchev–Trinajstić information content (AvgIpc) is 2.17. The Morgan fingerprint density at radius 1 is 1.33 bits per heavy atom. The van der Waals surface area contributed by atoms with Gasteiger partial charge in [-0.3, -0.25) is 0 Å². The molecule has 12 heavy (non-hydrogen) atoms. The first-order valence-electron chi connectivity index (χ1n) is 4.42. The Bertz CT molecular complexity index is 306. The molecule has 2 rings (SSSR count). The molecule has 1 aromatic carbocycles. The SMILES string of the molecule is [SiH3]CN1CC=Cc2ccccc21. The molecule has 0 fully saturated rings. The molecule has 0 radical (unpaired) electrons. The van der Waals surface area contributed by atoms with Crippen LogP contribution in [-0.4, -0.2) is 23.0 Å². The van der Waals surface area contributed by atoms with Crippen molar-refractivity contribution in [2.75, 3.05) is 17.6 Å². The number of fused-ring (bicyclic) bond motifs is 1. The Hall–Kier alpha value is -1.02. The lowest BCUT2D eigenvalue weighted by Crippen LogP contribution is -2.26. The number of rotatable bonds is 1. The van der Waals surface area contributed by atoms with E-state index in [1.807, 2.05) is 0 Å². The third-order valence-corrected chi connectivity index (χ3v) is 3.05. The van der Waals surface area contributed by atoms with Crippen molar-refractivity contribution in [1.82, 2.24) is 0 Å². The van der Waals surface area contributed by atoms with E-state index >= 15 is 0 Å². The van der Waals surface area contributed by atoms with Crippen molar-refractivity contribution < 1.29 is 0 Å². The number of para-hydroxylation sites is 1. The summed E-state index contributed by atoms with van der Waals surface area (Å²) in [4.78, 5) is 2.43. The Morgan fingerprint density at radius 3 is 3.00 bits per heavy atom. The smallest absolute Gasteiger partial charge is 0.0439 e. The topological polar surface area (TPSA) is 3.24 Å². The Morgan fingerprint density at radius 2 is 2.17 bits per heavy atom. The molecule has 0 saturated heterocycles. The minimum atomic E-state index is 1.08. The molecular weight excluding hydrogens is 162 g/mol. The molecule has 1 aliphatic heterocycles. The number of hydrogen-bond acceptors (Lipinski definition) is 1. The summed E-state index contributed by atoms with van der Waals surface area (Å²) < 4.78 is 0. The van der Waals surface area contributed by atoms with E-state index in [2.05, 4.69) is 41.3 Å². The van der Waals surface area contributed by atoms with E-state index in [0.29, 0.717) is 0 Å². The summed E-state index contributed by atoms with van der Waals surface area (Å²) in [6.07, 6.45) is 5.67. The van der Waals surface area contributed by atoms with Crippen LogP contribution in [0.5, 0.6) is 0 Å². The second-order valence-corrected chi connectivity index (χ2v) is 3.63. The molecule has 0 unspecified atom stereocenters. The van der Waals surface area contributed by atoms with Crippen LogP contribution in [0.4, 0.5) is 5.69 Å².